The molecule has 0 saturated carbocycles. The Morgan fingerprint density at radius 1 is 1.37 bits per heavy atom. The number of rotatable bonds is 4. The SMILES string of the molecule is CNc1cc(-c2cnn(C)c2)nc(CS(C)(=O)=O)n1. The van der Waals surface area contributed by atoms with Crippen LogP contribution in [0.3, 0.4) is 0 Å². The van der Waals surface area contributed by atoms with Crippen molar-refractivity contribution in [1.29, 1.82) is 0 Å². The lowest BCUT2D eigenvalue weighted by Gasteiger charge is -2.06. The Morgan fingerprint density at radius 2 is 2.11 bits per heavy atom. The molecule has 0 aliphatic rings. The average Bonchev–Trinajstić information content (AvgIpc) is 2.73. The van der Waals surface area contributed by atoms with E-state index >= 15 is 0 Å². The lowest BCUT2D eigenvalue weighted by atomic mass is 10.2. The fourth-order valence-electron chi connectivity index (χ4n) is 1.63. The Labute approximate surface area is 111 Å². The third kappa shape index (κ3) is 3.50. The second kappa shape index (κ2) is 4.96. The van der Waals surface area contributed by atoms with E-state index < -0.39 is 9.84 Å². The van der Waals surface area contributed by atoms with E-state index in [9.17, 15) is 8.42 Å². The monoisotopic (exact) mass is 281 g/mol. The maximum Gasteiger partial charge on any atom is 0.154 e. The molecule has 2 rings (SSSR count). The number of anilines is 1. The minimum atomic E-state index is -3.17. The summed E-state index contributed by atoms with van der Waals surface area (Å²) in [6, 6.07) is 1.75. The van der Waals surface area contributed by atoms with Crippen LogP contribution in [0.15, 0.2) is 18.5 Å². The number of hydrogen-bond acceptors (Lipinski definition) is 6. The largest absolute Gasteiger partial charge is 0.373 e. The van der Waals surface area contributed by atoms with Crippen molar-refractivity contribution in [1.82, 2.24) is 19.7 Å². The van der Waals surface area contributed by atoms with Gasteiger partial charge in [0.15, 0.2) is 9.84 Å². The van der Waals surface area contributed by atoms with Gasteiger partial charge >= 0.3 is 0 Å². The maximum absolute atomic E-state index is 11.3. The van der Waals surface area contributed by atoms with Crippen molar-refractivity contribution in [3.8, 4) is 11.3 Å². The van der Waals surface area contributed by atoms with Gasteiger partial charge in [-0.25, -0.2) is 18.4 Å². The molecule has 19 heavy (non-hydrogen) atoms. The second-order valence-electron chi connectivity index (χ2n) is 4.28. The molecular formula is C11H15N5O2S. The molecule has 0 bridgehead atoms. The predicted molar refractivity (Wildman–Crippen MR) is 72.3 cm³/mol. The van der Waals surface area contributed by atoms with Crippen LogP contribution in [0.25, 0.3) is 11.3 Å². The third-order valence-electron chi connectivity index (χ3n) is 2.42. The summed E-state index contributed by atoms with van der Waals surface area (Å²) in [5.41, 5.74) is 1.46. The zero-order valence-corrected chi connectivity index (χ0v) is 11.8. The first-order valence-electron chi connectivity index (χ1n) is 5.60. The normalized spacial score (nSPS) is 11.5. The minimum absolute atomic E-state index is 0.185. The highest BCUT2D eigenvalue weighted by atomic mass is 32.2. The predicted octanol–water partition coefficient (Wildman–Crippen LogP) is 0.463. The molecule has 0 unspecified atom stereocenters. The van der Waals surface area contributed by atoms with Crippen LogP contribution in [0.2, 0.25) is 0 Å². The first kappa shape index (κ1) is 13.5. The van der Waals surface area contributed by atoms with Crippen molar-refractivity contribution in [2.24, 2.45) is 7.05 Å². The summed E-state index contributed by atoms with van der Waals surface area (Å²) >= 11 is 0. The molecule has 2 aromatic heterocycles. The molecule has 0 aliphatic carbocycles. The van der Waals surface area contributed by atoms with Gasteiger partial charge in [-0.2, -0.15) is 5.10 Å². The molecule has 102 valence electrons. The van der Waals surface area contributed by atoms with Crippen LogP contribution in [0.4, 0.5) is 5.82 Å². The summed E-state index contributed by atoms with van der Waals surface area (Å²) < 4.78 is 24.3. The lowest BCUT2D eigenvalue weighted by molar-refractivity contribution is 0.599. The molecular weight excluding hydrogens is 266 g/mol. The summed E-state index contributed by atoms with van der Waals surface area (Å²) in [5.74, 6) is 0.663. The number of hydrogen-bond donors (Lipinski definition) is 1. The maximum atomic E-state index is 11.3. The van der Waals surface area contributed by atoms with Crippen molar-refractivity contribution in [3.05, 3.63) is 24.3 Å². The quantitative estimate of drug-likeness (QED) is 0.876. The van der Waals surface area contributed by atoms with E-state index in [1.807, 2.05) is 6.20 Å². The van der Waals surface area contributed by atoms with Crippen LogP contribution in [0.5, 0.6) is 0 Å². The molecule has 0 radical (unpaired) electrons. The Hall–Kier alpha value is -1.96. The standard InChI is InChI=1S/C11H15N5O2S/c1-12-10-4-9(8-5-13-16(2)6-8)14-11(15-10)7-19(3,17)18/h4-6H,7H2,1-3H3,(H,12,14,15). The summed E-state index contributed by atoms with van der Waals surface area (Å²) in [6.45, 7) is 0. The van der Waals surface area contributed by atoms with Crippen LogP contribution in [0.1, 0.15) is 5.82 Å². The molecule has 0 atom stereocenters. The molecule has 8 heteroatoms. The van der Waals surface area contributed by atoms with Gasteiger partial charge in [-0.05, 0) is 0 Å². The van der Waals surface area contributed by atoms with Crippen LogP contribution >= 0.6 is 0 Å². The fourth-order valence-corrected chi connectivity index (χ4v) is 2.22. The third-order valence-corrected chi connectivity index (χ3v) is 3.20. The van der Waals surface area contributed by atoms with Crippen LogP contribution < -0.4 is 5.32 Å². The van der Waals surface area contributed by atoms with E-state index in [1.165, 1.54) is 0 Å². The van der Waals surface area contributed by atoms with Gasteiger partial charge in [0.25, 0.3) is 0 Å². The number of aromatic nitrogens is 4. The Morgan fingerprint density at radius 3 is 2.63 bits per heavy atom. The van der Waals surface area contributed by atoms with Gasteiger partial charge in [-0.15, -0.1) is 0 Å². The Kier molecular flexibility index (Phi) is 3.52. The van der Waals surface area contributed by atoms with E-state index in [0.29, 0.717) is 11.5 Å². The highest BCUT2D eigenvalue weighted by molar-refractivity contribution is 7.89. The number of aryl methyl sites for hydroxylation is 1. The molecule has 2 heterocycles. The van der Waals surface area contributed by atoms with E-state index in [4.69, 9.17) is 0 Å². The van der Waals surface area contributed by atoms with Gasteiger partial charge in [0, 0.05) is 38.2 Å². The van der Waals surface area contributed by atoms with Crippen molar-refractivity contribution >= 4 is 15.7 Å². The average molecular weight is 281 g/mol. The van der Waals surface area contributed by atoms with E-state index in [1.54, 1.807) is 31.0 Å². The van der Waals surface area contributed by atoms with Gasteiger partial charge < -0.3 is 5.32 Å². The summed E-state index contributed by atoms with van der Waals surface area (Å²) in [7, 11) is 0.359. The Bertz CT molecular complexity index is 693. The van der Waals surface area contributed by atoms with Crippen LogP contribution in [-0.2, 0) is 22.6 Å². The lowest BCUT2D eigenvalue weighted by Crippen LogP contribution is -2.07. The second-order valence-corrected chi connectivity index (χ2v) is 6.42. The van der Waals surface area contributed by atoms with Crippen molar-refractivity contribution in [2.75, 3.05) is 18.6 Å². The molecule has 0 saturated heterocycles. The molecule has 1 N–H and O–H groups in total. The summed E-state index contributed by atoms with van der Waals surface area (Å²) in [5, 5.41) is 6.97. The topological polar surface area (TPSA) is 89.8 Å². The van der Waals surface area contributed by atoms with E-state index in [0.717, 1.165) is 11.8 Å². The first-order valence-corrected chi connectivity index (χ1v) is 7.66. The summed E-state index contributed by atoms with van der Waals surface area (Å²) in [6.07, 6.45) is 4.64. The number of sulfone groups is 1. The Balaban J connectivity index is 2.47. The molecule has 0 amide bonds. The molecule has 7 nitrogen and oxygen atoms in total. The number of nitrogens with one attached hydrogen (secondary N) is 1. The van der Waals surface area contributed by atoms with Gasteiger partial charge in [0.05, 0.1) is 11.9 Å². The van der Waals surface area contributed by atoms with Crippen LogP contribution in [0, 0.1) is 0 Å². The first-order chi connectivity index (χ1) is 8.87. The van der Waals surface area contributed by atoms with Crippen molar-refractivity contribution < 1.29 is 8.42 Å². The molecule has 0 fully saturated rings. The fraction of sp³-hybridized carbons (Fsp3) is 0.364. The number of nitrogens with zero attached hydrogens (tertiary/aromatic N) is 4. The zero-order valence-electron chi connectivity index (χ0n) is 11.0. The van der Waals surface area contributed by atoms with Crippen molar-refractivity contribution in [3.63, 3.8) is 0 Å². The van der Waals surface area contributed by atoms with Gasteiger partial charge in [-0.1, -0.05) is 0 Å². The minimum Gasteiger partial charge on any atom is -0.373 e. The van der Waals surface area contributed by atoms with Crippen LogP contribution in [-0.4, -0.2) is 41.5 Å². The van der Waals surface area contributed by atoms with Crippen molar-refractivity contribution in [2.45, 2.75) is 5.75 Å². The van der Waals surface area contributed by atoms with Gasteiger partial charge in [0.2, 0.25) is 0 Å². The highest BCUT2D eigenvalue weighted by Crippen LogP contribution is 2.19. The molecule has 0 spiro atoms. The molecule has 0 aliphatic heterocycles. The van der Waals surface area contributed by atoms with Gasteiger partial charge in [0.1, 0.15) is 17.4 Å². The molecule has 0 aromatic carbocycles. The zero-order chi connectivity index (χ0) is 14.0. The van der Waals surface area contributed by atoms with E-state index in [-0.39, 0.29) is 11.6 Å². The highest BCUT2D eigenvalue weighted by Gasteiger charge is 2.12. The smallest absolute Gasteiger partial charge is 0.154 e. The molecule has 2 aromatic rings. The van der Waals surface area contributed by atoms with E-state index in [2.05, 4.69) is 20.4 Å². The summed E-state index contributed by atoms with van der Waals surface area (Å²) in [4.78, 5) is 8.41. The van der Waals surface area contributed by atoms with Gasteiger partial charge in [-0.3, -0.25) is 4.68 Å².